The molecule has 0 heterocycles. The first kappa shape index (κ1) is 14.7. The van der Waals surface area contributed by atoms with Gasteiger partial charge in [0.2, 0.25) is 0 Å². The van der Waals surface area contributed by atoms with Crippen LogP contribution in [0.3, 0.4) is 0 Å². The predicted octanol–water partition coefficient (Wildman–Crippen LogP) is 4.67. The molecule has 0 bridgehead atoms. The molecule has 0 fully saturated rings. The van der Waals surface area contributed by atoms with Gasteiger partial charge in [0.25, 0.3) is 0 Å². The highest BCUT2D eigenvalue weighted by Gasteiger charge is 2.37. The molecule has 0 spiro atoms. The van der Waals surface area contributed by atoms with Gasteiger partial charge >= 0.3 is 0 Å². The molecule has 1 nitrogen and oxygen atoms in total. The zero-order valence-electron chi connectivity index (χ0n) is 11.9. The minimum absolute atomic E-state index is 0.114. The van der Waals surface area contributed by atoms with Gasteiger partial charge in [-0.1, -0.05) is 69.6 Å². The topological polar surface area (TPSA) is 17.1 Å². The highest BCUT2D eigenvalue weighted by Crippen LogP contribution is 2.42. The van der Waals surface area contributed by atoms with Crippen molar-refractivity contribution in [1.29, 1.82) is 0 Å². The van der Waals surface area contributed by atoms with Crippen molar-refractivity contribution in [2.45, 2.75) is 52.8 Å². The normalized spacial score (nSPS) is 21.1. The van der Waals surface area contributed by atoms with E-state index in [0.29, 0.717) is 0 Å². The SMILES string of the molecule is CC1(Br)C=C(C(C)(C)C)C(=O)C(C(C)(C)C)=C1. The van der Waals surface area contributed by atoms with Gasteiger partial charge in [-0.15, -0.1) is 0 Å². The van der Waals surface area contributed by atoms with E-state index in [0.717, 1.165) is 11.1 Å². The van der Waals surface area contributed by atoms with Gasteiger partial charge in [-0.05, 0) is 17.8 Å². The number of allylic oxidation sites excluding steroid dienone is 4. The third-order valence-electron chi connectivity index (χ3n) is 2.96. The summed E-state index contributed by atoms with van der Waals surface area (Å²) in [5.41, 5.74) is 1.59. The van der Waals surface area contributed by atoms with Crippen molar-refractivity contribution in [1.82, 2.24) is 0 Å². The number of hydrogen-bond donors (Lipinski definition) is 0. The number of hydrogen-bond acceptors (Lipinski definition) is 1. The zero-order chi connectivity index (χ0) is 13.6. The standard InChI is InChI=1S/C15H23BrO/c1-13(2,3)10-8-15(7,16)9-11(12(10)17)14(4,5)6/h8-9H,1-7H3. The summed E-state index contributed by atoms with van der Waals surface area (Å²) < 4.78 is -0.216. The Kier molecular flexibility index (Phi) is 3.53. The van der Waals surface area contributed by atoms with Crippen LogP contribution in [0.1, 0.15) is 48.5 Å². The molecule has 2 heteroatoms. The smallest absolute Gasteiger partial charge is 0.185 e. The Balaban J connectivity index is 3.34. The average molecular weight is 299 g/mol. The number of alkyl halides is 1. The molecule has 17 heavy (non-hydrogen) atoms. The molecule has 96 valence electrons. The fourth-order valence-electron chi connectivity index (χ4n) is 2.00. The summed E-state index contributed by atoms with van der Waals surface area (Å²) in [5, 5.41) is 0. The lowest BCUT2D eigenvalue weighted by Crippen LogP contribution is -2.32. The van der Waals surface area contributed by atoms with Gasteiger partial charge in [0.15, 0.2) is 5.78 Å². The van der Waals surface area contributed by atoms with E-state index >= 15 is 0 Å². The molecule has 0 aromatic rings. The Bertz CT molecular complexity index is 362. The summed E-state index contributed by atoms with van der Waals surface area (Å²) in [5.74, 6) is 0.196. The van der Waals surface area contributed by atoms with Gasteiger partial charge < -0.3 is 0 Å². The first-order valence-electron chi connectivity index (χ1n) is 6.05. The Hall–Kier alpha value is -0.370. The third-order valence-corrected chi connectivity index (χ3v) is 3.42. The summed E-state index contributed by atoms with van der Waals surface area (Å²) in [6.45, 7) is 14.6. The largest absolute Gasteiger partial charge is 0.289 e. The Morgan fingerprint density at radius 2 is 1.24 bits per heavy atom. The number of halogens is 1. The Morgan fingerprint density at radius 1 is 0.941 bits per heavy atom. The Labute approximate surface area is 113 Å². The summed E-state index contributed by atoms with van der Waals surface area (Å²) in [6.07, 6.45) is 4.09. The molecule has 0 radical (unpaired) electrons. The number of ketones is 1. The van der Waals surface area contributed by atoms with Gasteiger partial charge in [-0.2, -0.15) is 0 Å². The molecule has 0 N–H and O–H groups in total. The van der Waals surface area contributed by atoms with Crippen molar-refractivity contribution in [2.24, 2.45) is 10.8 Å². The second-order valence-corrected chi connectivity index (χ2v) is 8.81. The van der Waals surface area contributed by atoms with Gasteiger partial charge in [0, 0.05) is 11.1 Å². The number of rotatable bonds is 0. The highest BCUT2D eigenvalue weighted by molar-refractivity contribution is 9.10. The first-order valence-corrected chi connectivity index (χ1v) is 6.84. The van der Waals surface area contributed by atoms with Crippen molar-refractivity contribution in [2.75, 3.05) is 0 Å². The summed E-state index contributed by atoms with van der Waals surface area (Å²) >= 11 is 3.68. The summed E-state index contributed by atoms with van der Waals surface area (Å²) in [6, 6.07) is 0. The molecular weight excluding hydrogens is 276 g/mol. The zero-order valence-corrected chi connectivity index (χ0v) is 13.5. The fourth-order valence-corrected chi connectivity index (χ4v) is 2.45. The molecule has 1 aliphatic rings. The van der Waals surface area contributed by atoms with E-state index in [2.05, 4.69) is 64.4 Å². The van der Waals surface area contributed by atoms with Crippen LogP contribution in [0.25, 0.3) is 0 Å². The molecule has 1 rings (SSSR count). The average Bonchev–Trinajstić information content (AvgIpc) is 2.04. The summed E-state index contributed by atoms with van der Waals surface area (Å²) in [7, 11) is 0. The van der Waals surface area contributed by atoms with E-state index in [4.69, 9.17) is 0 Å². The summed E-state index contributed by atoms with van der Waals surface area (Å²) in [4.78, 5) is 12.5. The molecule has 0 unspecified atom stereocenters. The molecule has 0 amide bonds. The van der Waals surface area contributed by atoms with E-state index < -0.39 is 0 Å². The van der Waals surface area contributed by atoms with E-state index in [9.17, 15) is 4.79 Å². The van der Waals surface area contributed by atoms with E-state index in [-0.39, 0.29) is 20.9 Å². The van der Waals surface area contributed by atoms with Gasteiger partial charge in [-0.3, -0.25) is 4.79 Å². The molecule has 0 atom stereocenters. The minimum atomic E-state index is -0.216. The predicted molar refractivity (Wildman–Crippen MR) is 77.4 cm³/mol. The fraction of sp³-hybridized carbons (Fsp3) is 0.667. The Morgan fingerprint density at radius 3 is 1.47 bits per heavy atom. The van der Waals surface area contributed by atoms with Crippen LogP contribution in [0.4, 0.5) is 0 Å². The second-order valence-electron chi connectivity index (χ2n) is 7.10. The van der Waals surface area contributed by atoms with Gasteiger partial charge in [0.1, 0.15) is 0 Å². The van der Waals surface area contributed by atoms with Crippen LogP contribution in [-0.4, -0.2) is 10.1 Å². The maximum absolute atomic E-state index is 12.5. The second kappa shape index (κ2) is 4.08. The lowest BCUT2D eigenvalue weighted by Gasteiger charge is -2.35. The maximum Gasteiger partial charge on any atom is 0.185 e. The van der Waals surface area contributed by atoms with Crippen LogP contribution in [-0.2, 0) is 4.79 Å². The molecule has 0 aromatic carbocycles. The lowest BCUT2D eigenvalue weighted by molar-refractivity contribution is -0.114. The van der Waals surface area contributed by atoms with Crippen LogP contribution in [0.5, 0.6) is 0 Å². The van der Waals surface area contributed by atoms with Crippen molar-refractivity contribution >= 4 is 21.7 Å². The van der Waals surface area contributed by atoms with Crippen molar-refractivity contribution in [3.63, 3.8) is 0 Å². The van der Waals surface area contributed by atoms with Gasteiger partial charge in [-0.25, -0.2) is 0 Å². The van der Waals surface area contributed by atoms with Crippen molar-refractivity contribution < 1.29 is 4.79 Å². The number of carbonyl (C=O) groups excluding carboxylic acids is 1. The highest BCUT2D eigenvalue weighted by atomic mass is 79.9. The van der Waals surface area contributed by atoms with Crippen LogP contribution in [0, 0.1) is 10.8 Å². The van der Waals surface area contributed by atoms with Crippen LogP contribution in [0.2, 0.25) is 0 Å². The van der Waals surface area contributed by atoms with Crippen LogP contribution < -0.4 is 0 Å². The molecule has 0 saturated carbocycles. The molecule has 1 aliphatic carbocycles. The first-order chi connectivity index (χ1) is 7.34. The minimum Gasteiger partial charge on any atom is -0.289 e. The van der Waals surface area contributed by atoms with E-state index in [1.54, 1.807) is 0 Å². The monoisotopic (exact) mass is 298 g/mol. The van der Waals surface area contributed by atoms with Crippen LogP contribution >= 0.6 is 15.9 Å². The van der Waals surface area contributed by atoms with Gasteiger partial charge in [0.05, 0.1) is 4.32 Å². The van der Waals surface area contributed by atoms with Crippen molar-refractivity contribution in [3.8, 4) is 0 Å². The quantitative estimate of drug-likeness (QED) is 0.594. The molecule has 0 saturated heterocycles. The van der Waals surface area contributed by atoms with Crippen LogP contribution in [0.15, 0.2) is 23.3 Å². The van der Waals surface area contributed by atoms with E-state index in [1.165, 1.54) is 0 Å². The number of carbonyl (C=O) groups is 1. The molecule has 0 aromatic heterocycles. The van der Waals surface area contributed by atoms with E-state index in [1.807, 2.05) is 12.2 Å². The van der Waals surface area contributed by atoms with Crippen molar-refractivity contribution in [3.05, 3.63) is 23.3 Å². The third kappa shape index (κ3) is 3.31. The lowest BCUT2D eigenvalue weighted by atomic mass is 9.71. The molecular formula is C15H23BrO. The number of Topliss-reactive ketones (excluding diaryl/α,β-unsaturated/α-hetero) is 1. The maximum atomic E-state index is 12.5. The molecule has 0 aliphatic heterocycles.